The van der Waals surface area contributed by atoms with Crippen LogP contribution in [0.5, 0.6) is 0 Å². The average molecular weight is 281 g/mol. The molecule has 0 radical (unpaired) electrons. The summed E-state index contributed by atoms with van der Waals surface area (Å²) in [6.07, 6.45) is 4.50. The number of nitrogens with one attached hydrogen (secondary N) is 1. The second kappa shape index (κ2) is 7.16. The Bertz CT molecular complexity index is 413. The fraction of sp³-hybridized carbons (Fsp3) is 0.647. The zero-order valence-electron chi connectivity index (χ0n) is 12.5. The lowest BCUT2D eigenvalue weighted by Gasteiger charge is -2.35. The Kier molecular flexibility index (Phi) is 5.53. The van der Waals surface area contributed by atoms with E-state index in [1.165, 1.54) is 18.6 Å². The molecule has 1 aromatic rings. The van der Waals surface area contributed by atoms with Crippen molar-refractivity contribution in [3.05, 3.63) is 35.4 Å². The molecular formula is C17H25F2N. The summed E-state index contributed by atoms with van der Waals surface area (Å²) in [6, 6.07) is 3.98. The molecule has 20 heavy (non-hydrogen) atoms. The van der Waals surface area contributed by atoms with Gasteiger partial charge >= 0.3 is 0 Å². The molecule has 0 aliphatic heterocycles. The molecule has 3 heteroatoms. The summed E-state index contributed by atoms with van der Waals surface area (Å²) in [5.74, 6) is 0.470. The van der Waals surface area contributed by atoms with Crippen molar-refractivity contribution in [2.45, 2.75) is 45.4 Å². The van der Waals surface area contributed by atoms with Crippen LogP contribution in [0.3, 0.4) is 0 Å². The van der Waals surface area contributed by atoms with Gasteiger partial charge in [-0.15, -0.1) is 0 Å². The first kappa shape index (κ1) is 15.4. The van der Waals surface area contributed by atoms with E-state index < -0.39 is 11.6 Å². The van der Waals surface area contributed by atoms with Crippen LogP contribution in [0.25, 0.3) is 0 Å². The molecule has 0 amide bonds. The molecule has 1 saturated carbocycles. The van der Waals surface area contributed by atoms with Gasteiger partial charge in [0, 0.05) is 6.07 Å². The molecule has 112 valence electrons. The molecule has 0 saturated heterocycles. The minimum absolute atomic E-state index is 0.272. The summed E-state index contributed by atoms with van der Waals surface area (Å²) in [5, 5.41) is 3.46. The standard InChI is InChI=1S/C17H25F2N/c1-3-6-20-11-13-5-4-12(2)7-17(13)14-8-15(18)10-16(19)9-14/h8-10,12-13,17,20H,3-7,11H2,1-2H3. The van der Waals surface area contributed by atoms with Crippen molar-refractivity contribution in [3.8, 4) is 0 Å². The normalized spacial score (nSPS) is 26.7. The predicted molar refractivity (Wildman–Crippen MR) is 78.8 cm³/mol. The van der Waals surface area contributed by atoms with Crippen molar-refractivity contribution in [2.24, 2.45) is 11.8 Å². The van der Waals surface area contributed by atoms with Crippen LogP contribution in [0.2, 0.25) is 0 Å². The monoisotopic (exact) mass is 281 g/mol. The molecule has 3 unspecified atom stereocenters. The molecule has 0 heterocycles. The highest BCUT2D eigenvalue weighted by Crippen LogP contribution is 2.40. The Hall–Kier alpha value is -0.960. The SMILES string of the molecule is CCCNCC1CCC(C)CC1c1cc(F)cc(F)c1. The predicted octanol–water partition coefficient (Wildman–Crippen LogP) is 4.48. The fourth-order valence-electron chi connectivity index (χ4n) is 3.35. The number of hydrogen-bond donors (Lipinski definition) is 1. The first-order chi connectivity index (χ1) is 9.60. The third-order valence-electron chi connectivity index (χ3n) is 4.40. The molecule has 2 rings (SSSR count). The highest BCUT2D eigenvalue weighted by molar-refractivity contribution is 5.23. The van der Waals surface area contributed by atoms with E-state index in [0.717, 1.165) is 44.0 Å². The van der Waals surface area contributed by atoms with Crippen molar-refractivity contribution < 1.29 is 8.78 Å². The quantitative estimate of drug-likeness (QED) is 0.784. The molecule has 0 spiro atoms. The highest BCUT2D eigenvalue weighted by atomic mass is 19.1. The van der Waals surface area contributed by atoms with E-state index in [-0.39, 0.29) is 5.92 Å². The van der Waals surface area contributed by atoms with Crippen molar-refractivity contribution in [3.63, 3.8) is 0 Å². The third kappa shape index (κ3) is 4.02. The largest absolute Gasteiger partial charge is 0.316 e. The molecule has 0 bridgehead atoms. The summed E-state index contributed by atoms with van der Waals surface area (Å²) in [6.45, 7) is 6.34. The molecule has 1 N–H and O–H groups in total. The highest BCUT2D eigenvalue weighted by Gasteiger charge is 2.30. The van der Waals surface area contributed by atoms with Gasteiger partial charge in [-0.25, -0.2) is 8.78 Å². The summed E-state index contributed by atoms with van der Waals surface area (Å²) < 4.78 is 26.9. The number of benzene rings is 1. The van der Waals surface area contributed by atoms with Crippen LogP contribution >= 0.6 is 0 Å². The Morgan fingerprint density at radius 3 is 2.50 bits per heavy atom. The summed E-state index contributed by atoms with van der Waals surface area (Å²) >= 11 is 0. The molecule has 1 aliphatic carbocycles. The number of rotatable bonds is 5. The minimum atomic E-state index is -0.460. The lowest BCUT2D eigenvalue weighted by molar-refractivity contribution is 0.241. The molecule has 1 fully saturated rings. The molecular weight excluding hydrogens is 256 g/mol. The number of hydrogen-bond acceptors (Lipinski definition) is 1. The van der Waals surface area contributed by atoms with Crippen molar-refractivity contribution in [1.29, 1.82) is 0 Å². The van der Waals surface area contributed by atoms with Crippen molar-refractivity contribution in [1.82, 2.24) is 5.32 Å². The van der Waals surface area contributed by atoms with E-state index in [4.69, 9.17) is 0 Å². The van der Waals surface area contributed by atoms with Gasteiger partial charge in [-0.1, -0.05) is 20.3 Å². The molecule has 1 aliphatic rings. The molecule has 0 aromatic heterocycles. The maximum atomic E-state index is 13.5. The van der Waals surface area contributed by atoms with Gasteiger partial charge in [-0.3, -0.25) is 0 Å². The van der Waals surface area contributed by atoms with Gasteiger partial charge in [0.15, 0.2) is 0 Å². The Balaban J connectivity index is 2.14. The second-order valence-corrected chi connectivity index (χ2v) is 6.19. The van der Waals surface area contributed by atoms with Crippen LogP contribution in [-0.4, -0.2) is 13.1 Å². The van der Waals surface area contributed by atoms with Crippen LogP contribution in [0.4, 0.5) is 8.78 Å². The number of halogens is 2. The fourth-order valence-corrected chi connectivity index (χ4v) is 3.35. The zero-order valence-corrected chi connectivity index (χ0v) is 12.5. The first-order valence-corrected chi connectivity index (χ1v) is 7.76. The summed E-state index contributed by atoms with van der Waals surface area (Å²) in [4.78, 5) is 0. The van der Waals surface area contributed by atoms with E-state index in [2.05, 4.69) is 19.2 Å². The summed E-state index contributed by atoms with van der Waals surface area (Å²) in [7, 11) is 0. The van der Waals surface area contributed by atoms with Gasteiger partial charge in [-0.05, 0) is 67.8 Å². The van der Waals surface area contributed by atoms with Gasteiger partial charge < -0.3 is 5.32 Å². The second-order valence-electron chi connectivity index (χ2n) is 6.19. The lowest BCUT2D eigenvalue weighted by atomic mass is 9.71. The van der Waals surface area contributed by atoms with Crippen LogP contribution in [-0.2, 0) is 0 Å². The lowest BCUT2D eigenvalue weighted by Crippen LogP contribution is -2.32. The third-order valence-corrected chi connectivity index (χ3v) is 4.40. The van der Waals surface area contributed by atoms with Crippen molar-refractivity contribution >= 4 is 0 Å². The van der Waals surface area contributed by atoms with E-state index in [9.17, 15) is 8.78 Å². The van der Waals surface area contributed by atoms with Gasteiger partial charge in [0.05, 0.1) is 0 Å². The minimum Gasteiger partial charge on any atom is -0.316 e. The topological polar surface area (TPSA) is 12.0 Å². The Morgan fingerprint density at radius 1 is 1.15 bits per heavy atom. The first-order valence-electron chi connectivity index (χ1n) is 7.76. The molecule has 1 nitrogen and oxygen atoms in total. The smallest absolute Gasteiger partial charge is 0.126 e. The zero-order chi connectivity index (χ0) is 14.5. The summed E-state index contributed by atoms with van der Waals surface area (Å²) in [5.41, 5.74) is 0.831. The average Bonchev–Trinajstić information content (AvgIpc) is 2.39. The maximum absolute atomic E-state index is 13.5. The maximum Gasteiger partial charge on any atom is 0.126 e. The van der Waals surface area contributed by atoms with Crippen LogP contribution in [0.1, 0.15) is 51.0 Å². The molecule has 1 aromatic carbocycles. The van der Waals surface area contributed by atoms with Gasteiger partial charge in [0.25, 0.3) is 0 Å². The van der Waals surface area contributed by atoms with E-state index >= 15 is 0 Å². The van der Waals surface area contributed by atoms with E-state index in [1.54, 1.807) is 0 Å². The van der Waals surface area contributed by atoms with Crippen LogP contribution in [0, 0.1) is 23.5 Å². The van der Waals surface area contributed by atoms with Gasteiger partial charge in [0.2, 0.25) is 0 Å². The molecule has 3 atom stereocenters. The van der Waals surface area contributed by atoms with E-state index in [0.29, 0.717) is 11.8 Å². The van der Waals surface area contributed by atoms with Crippen LogP contribution in [0.15, 0.2) is 18.2 Å². The van der Waals surface area contributed by atoms with Gasteiger partial charge in [-0.2, -0.15) is 0 Å². The Morgan fingerprint density at radius 2 is 1.85 bits per heavy atom. The van der Waals surface area contributed by atoms with Crippen LogP contribution < -0.4 is 5.32 Å². The van der Waals surface area contributed by atoms with Gasteiger partial charge in [0.1, 0.15) is 11.6 Å². The van der Waals surface area contributed by atoms with Crippen molar-refractivity contribution in [2.75, 3.05) is 13.1 Å². The van der Waals surface area contributed by atoms with E-state index in [1.807, 2.05) is 0 Å². The Labute approximate surface area is 120 Å².